The normalized spacial score (nSPS) is 10.8. The number of hydrogen-bond acceptors (Lipinski definition) is 8. The van der Waals surface area contributed by atoms with Gasteiger partial charge < -0.3 is 19.5 Å². The number of nitro benzene ring substituents is 2. The first-order chi connectivity index (χ1) is 14.6. The average Bonchev–Trinajstić information content (AvgIpc) is 2.73. The van der Waals surface area contributed by atoms with E-state index in [1.165, 1.54) is 44.2 Å². The zero-order valence-electron chi connectivity index (χ0n) is 17.7. The second-order valence-corrected chi connectivity index (χ2v) is 6.75. The number of hydrogen-bond donors (Lipinski definition) is 1. The van der Waals surface area contributed by atoms with E-state index in [4.69, 9.17) is 14.2 Å². The van der Waals surface area contributed by atoms with Gasteiger partial charge in [0.15, 0.2) is 0 Å². The molecule has 30 heavy (non-hydrogen) atoms. The van der Waals surface area contributed by atoms with Gasteiger partial charge >= 0.3 is 0 Å². The van der Waals surface area contributed by atoms with Gasteiger partial charge in [-0.25, -0.2) is 0 Å². The van der Waals surface area contributed by atoms with Crippen LogP contribution >= 0.6 is 0 Å². The molecule has 1 aromatic carbocycles. The van der Waals surface area contributed by atoms with Crippen LogP contribution < -0.4 is 5.32 Å². The molecule has 0 amide bonds. The van der Waals surface area contributed by atoms with Crippen molar-refractivity contribution in [2.75, 3.05) is 51.5 Å². The highest BCUT2D eigenvalue weighted by atomic mass is 16.6. The summed E-state index contributed by atoms with van der Waals surface area (Å²) in [5, 5.41) is 24.6. The lowest BCUT2D eigenvalue weighted by atomic mass is 10.1. The summed E-state index contributed by atoms with van der Waals surface area (Å²) in [6.07, 6.45) is 7.45. The molecular weight excluding hydrogens is 394 g/mol. The molecule has 0 unspecified atom stereocenters. The van der Waals surface area contributed by atoms with E-state index < -0.39 is 9.85 Å². The summed E-state index contributed by atoms with van der Waals surface area (Å²) in [5.74, 6) is 0. The minimum atomic E-state index is -0.667. The Morgan fingerprint density at radius 1 is 0.800 bits per heavy atom. The van der Waals surface area contributed by atoms with Crippen molar-refractivity contribution >= 4 is 17.1 Å². The molecular formula is C20H33N3O7. The monoisotopic (exact) mass is 427 g/mol. The fourth-order valence-corrected chi connectivity index (χ4v) is 2.72. The van der Waals surface area contributed by atoms with E-state index in [1.807, 2.05) is 0 Å². The van der Waals surface area contributed by atoms with Crippen LogP contribution in [0, 0.1) is 20.2 Å². The lowest BCUT2D eigenvalue weighted by molar-refractivity contribution is -0.393. The van der Waals surface area contributed by atoms with Gasteiger partial charge in [-0.15, -0.1) is 0 Å². The van der Waals surface area contributed by atoms with Crippen molar-refractivity contribution in [1.29, 1.82) is 0 Å². The van der Waals surface area contributed by atoms with Crippen LogP contribution in [0.4, 0.5) is 17.1 Å². The molecule has 1 rings (SSSR count). The number of nitrogens with one attached hydrogen (secondary N) is 1. The molecule has 1 N–H and O–H groups in total. The van der Waals surface area contributed by atoms with Gasteiger partial charge in [0.2, 0.25) is 0 Å². The number of benzene rings is 1. The number of non-ortho nitro benzene ring substituents is 1. The van der Waals surface area contributed by atoms with E-state index in [1.54, 1.807) is 0 Å². The maximum absolute atomic E-state index is 11.1. The van der Waals surface area contributed by atoms with E-state index >= 15 is 0 Å². The molecule has 0 saturated carbocycles. The first-order valence-electron chi connectivity index (χ1n) is 10.5. The largest absolute Gasteiger partial charge is 0.379 e. The van der Waals surface area contributed by atoms with Crippen LogP contribution in [-0.4, -0.2) is 56.0 Å². The molecule has 0 atom stereocenters. The molecule has 0 saturated heterocycles. The van der Waals surface area contributed by atoms with Gasteiger partial charge in [0, 0.05) is 19.2 Å². The number of anilines is 1. The first-order valence-corrected chi connectivity index (χ1v) is 10.5. The molecule has 0 aliphatic heterocycles. The molecule has 0 aliphatic rings. The quantitative estimate of drug-likeness (QED) is 0.196. The Kier molecular flexibility index (Phi) is 14.1. The lowest BCUT2D eigenvalue weighted by Crippen LogP contribution is -2.14. The van der Waals surface area contributed by atoms with Crippen LogP contribution in [0.2, 0.25) is 0 Å². The minimum absolute atomic E-state index is 0.216. The van der Waals surface area contributed by atoms with E-state index in [-0.39, 0.29) is 17.1 Å². The second kappa shape index (κ2) is 16.5. The van der Waals surface area contributed by atoms with Crippen molar-refractivity contribution in [2.45, 2.75) is 45.4 Å². The molecule has 0 aliphatic carbocycles. The molecule has 0 fully saturated rings. The fraction of sp³-hybridized carbons (Fsp3) is 0.700. The minimum Gasteiger partial charge on any atom is -0.379 e. The van der Waals surface area contributed by atoms with Gasteiger partial charge in [0.05, 0.1) is 48.9 Å². The molecule has 10 heteroatoms. The van der Waals surface area contributed by atoms with Gasteiger partial charge in [-0.1, -0.05) is 39.0 Å². The number of unbranched alkanes of at least 4 members (excludes halogenated alkanes) is 5. The molecule has 0 bridgehead atoms. The number of ether oxygens (including phenoxy) is 3. The zero-order chi connectivity index (χ0) is 22.0. The summed E-state index contributed by atoms with van der Waals surface area (Å²) < 4.78 is 16.3. The Hall–Kier alpha value is -2.30. The van der Waals surface area contributed by atoms with E-state index in [9.17, 15) is 20.2 Å². The number of rotatable bonds is 19. The topological polar surface area (TPSA) is 126 Å². The molecule has 170 valence electrons. The molecule has 0 aromatic heterocycles. The van der Waals surface area contributed by atoms with Crippen molar-refractivity contribution in [3.05, 3.63) is 38.4 Å². The van der Waals surface area contributed by atoms with Gasteiger partial charge in [-0.2, -0.15) is 0 Å². The van der Waals surface area contributed by atoms with Crippen molar-refractivity contribution in [3.8, 4) is 0 Å². The summed E-state index contributed by atoms with van der Waals surface area (Å²) in [5.41, 5.74) is -0.446. The third-order valence-corrected chi connectivity index (χ3v) is 4.34. The Labute approximate surface area is 177 Å². The van der Waals surface area contributed by atoms with Crippen LogP contribution in [0.1, 0.15) is 45.4 Å². The van der Waals surface area contributed by atoms with Crippen molar-refractivity contribution in [2.24, 2.45) is 0 Å². The van der Waals surface area contributed by atoms with Gasteiger partial charge in [-0.3, -0.25) is 20.2 Å². The first kappa shape index (κ1) is 25.7. The molecule has 0 spiro atoms. The number of nitrogens with zero attached hydrogens (tertiary/aromatic N) is 2. The highest BCUT2D eigenvalue weighted by Crippen LogP contribution is 2.28. The predicted molar refractivity (Wildman–Crippen MR) is 114 cm³/mol. The van der Waals surface area contributed by atoms with E-state index in [0.29, 0.717) is 39.6 Å². The maximum Gasteiger partial charge on any atom is 0.299 e. The molecule has 0 radical (unpaired) electrons. The molecule has 0 heterocycles. The van der Waals surface area contributed by atoms with Gasteiger partial charge in [0.1, 0.15) is 5.69 Å². The summed E-state index contributed by atoms with van der Waals surface area (Å²) in [7, 11) is 0. The van der Waals surface area contributed by atoms with E-state index in [0.717, 1.165) is 19.1 Å². The SMILES string of the molecule is CCCCCCCCOCCOCCOCCNc1ccc([N+](=O)[O-])cc1[N+](=O)[O-]. The Balaban J connectivity index is 2.00. The highest BCUT2D eigenvalue weighted by molar-refractivity contribution is 5.65. The average molecular weight is 427 g/mol. The van der Waals surface area contributed by atoms with Gasteiger partial charge in [-0.05, 0) is 12.5 Å². The van der Waals surface area contributed by atoms with Crippen LogP contribution in [0.15, 0.2) is 18.2 Å². The Bertz CT molecular complexity index is 628. The molecule has 1 aromatic rings. The zero-order valence-corrected chi connectivity index (χ0v) is 17.7. The number of nitro groups is 2. The second-order valence-electron chi connectivity index (χ2n) is 6.75. The summed E-state index contributed by atoms with van der Waals surface area (Å²) in [4.78, 5) is 20.5. The molecule has 10 nitrogen and oxygen atoms in total. The van der Waals surface area contributed by atoms with Crippen LogP contribution in [0.25, 0.3) is 0 Å². The van der Waals surface area contributed by atoms with Crippen molar-refractivity contribution in [1.82, 2.24) is 0 Å². The summed E-state index contributed by atoms with van der Waals surface area (Å²) in [6.45, 7) is 5.58. The fourth-order valence-electron chi connectivity index (χ4n) is 2.72. The summed E-state index contributed by atoms with van der Waals surface area (Å²) in [6, 6.07) is 3.48. The van der Waals surface area contributed by atoms with E-state index in [2.05, 4.69) is 12.2 Å². The van der Waals surface area contributed by atoms with Crippen molar-refractivity contribution < 1.29 is 24.1 Å². The van der Waals surface area contributed by atoms with Crippen molar-refractivity contribution in [3.63, 3.8) is 0 Å². The van der Waals surface area contributed by atoms with Crippen LogP contribution in [-0.2, 0) is 14.2 Å². The standard InChI is InChI=1S/C20H33N3O7/c1-2-3-4-5-6-7-11-28-13-15-30-16-14-29-12-10-21-19-9-8-18(22(24)25)17-20(19)23(26)27/h8-9,17,21H,2-7,10-16H2,1H3. The summed E-state index contributed by atoms with van der Waals surface area (Å²) >= 11 is 0. The lowest BCUT2D eigenvalue weighted by Gasteiger charge is -2.09. The Morgan fingerprint density at radius 2 is 1.40 bits per heavy atom. The smallest absolute Gasteiger partial charge is 0.299 e. The third-order valence-electron chi connectivity index (χ3n) is 4.34. The van der Waals surface area contributed by atoms with Crippen LogP contribution in [0.3, 0.4) is 0 Å². The van der Waals surface area contributed by atoms with Crippen LogP contribution in [0.5, 0.6) is 0 Å². The highest BCUT2D eigenvalue weighted by Gasteiger charge is 2.18. The maximum atomic E-state index is 11.1. The predicted octanol–water partition coefficient (Wildman–Crippen LogP) is 4.33. The third kappa shape index (κ3) is 11.6. The van der Waals surface area contributed by atoms with Gasteiger partial charge in [0.25, 0.3) is 11.4 Å². The Morgan fingerprint density at radius 3 is 2.03 bits per heavy atom.